The first-order valence-corrected chi connectivity index (χ1v) is 12.5. The number of carbonyl (C=O) groups excluding carboxylic acids is 2. The van der Waals surface area contributed by atoms with Gasteiger partial charge in [0.2, 0.25) is 5.91 Å². The maximum Gasteiger partial charge on any atom is 0.254 e. The van der Waals surface area contributed by atoms with E-state index in [2.05, 4.69) is 13.0 Å². The summed E-state index contributed by atoms with van der Waals surface area (Å²) in [6.07, 6.45) is 0.725. The molecule has 1 heterocycles. The van der Waals surface area contributed by atoms with Crippen LogP contribution in [0.15, 0.2) is 60.0 Å². The molecule has 7 heteroatoms. The molecule has 0 bridgehead atoms. The van der Waals surface area contributed by atoms with Crippen molar-refractivity contribution >= 4 is 46.4 Å². The van der Waals surface area contributed by atoms with Gasteiger partial charge in [-0.3, -0.25) is 9.59 Å². The summed E-state index contributed by atoms with van der Waals surface area (Å²) in [7, 11) is 0. The Morgan fingerprint density at radius 2 is 1.73 bits per heavy atom. The summed E-state index contributed by atoms with van der Waals surface area (Å²) in [6, 6.07) is 16.7. The molecule has 0 fully saturated rings. The molecule has 1 unspecified atom stereocenters. The molecule has 2 amide bonds. The molecule has 1 aromatic heterocycles. The normalized spacial score (nSPS) is 11.8. The lowest BCUT2D eigenvalue weighted by molar-refractivity contribution is -0.133. The molecule has 174 valence electrons. The summed E-state index contributed by atoms with van der Waals surface area (Å²) in [4.78, 5) is 31.5. The van der Waals surface area contributed by atoms with Crippen LogP contribution < -0.4 is 0 Å². The van der Waals surface area contributed by atoms with Crippen molar-refractivity contribution in [1.82, 2.24) is 9.80 Å². The molecule has 0 spiro atoms. The first-order valence-electron chi connectivity index (χ1n) is 10.9. The minimum Gasteiger partial charge on any atom is -0.332 e. The number of halogens is 2. The van der Waals surface area contributed by atoms with Crippen LogP contribution >= 0.6 is 34.5 Å². The highest BCUT2D eigenvalue weighted by Gasteiger charge is 2.26. The van der Waals surface area contributed by atoms with Gasteiger partial charge in [-0.2, -0.15) is 0 Å². The van der Waals surface area contributed by atoms with Gasteiger partial charge in [-0.15, -0.1) is 11.3 Å². The average Bonchev–Trinajstić information content (AvgIpc) is 3.22. The van der Waals surface area contributed by atoms with Crippen molar-refractivity contribution in [2.24, 2.45) is 0 Å². The zero-order chi connectivity index (χ0) is 24.0. The highest BCUT2D eigenvalue weighted by molar-refractivity contribution is 7.10. The van der Waals surface area contributed by atoms with Crippen LogP contribution in [-0.2, 0) is 17.9 Å². The molecule has 0 saturated carbocycles. The van der Waals surface area contributed by atoms with Crippen LogP contribution in [0, 0.1) is 6.92 Å². The van der Waals surface area contributed by atoms with Crippen LogP contribution in [-0.4, -0.2) is 34.2 Å². The summed E-state index contributed by atoms with van der Waals surface area (Å²) in [6.45, 7) is 6.98. The second kappa shape index (κ2) is 11.7. The van der Waals surface area contributed by atoms with Gasteiger partial charge in [-0.1, -0.05) is 60.5 Å². The Morgan fingerprint density at radius 3 is 2.33 bits per heavy atom. The van der Waals surface area contributed by atoms with E-state index in [1.165, 1.54) is 0 Å². The van der Waals surface area contributed by atoms with Crippen LogP contribution in [0.3, 0.4) is 0 Å². The van der Waals surface area contributed by atoms with E-state index >= 15 is 0 Å². The molecule has 0 saturated heterocycles. The standard InChI is InChI=1S/C26H28Cl2N2O2S/c1-4-19(3)30(26(32)21-10-11-22(27)23(28)14-21)17-25(31)29(15-20-8-6-5-7-9-20)16-24-18(2)12-13-33-24/h5-14,19H,4,15-17H2,1-3H3. The van der Waals surface area contributed by atoms with Gasteiger partial charge in [0.05, 0.1) is 16.6 Å². The lowest BCUT2D eigenvalue weighted by Gasteiger charge is -2.31. The summed E-state index contributed by atoms with van der Waals surface area (Å²) in [5, 5.41) is 2.74. The topological polar surface area (TPSA) is 40.6 Å². The highest BCUT2D eigenvalue weighted by atomic mass is 35.5. The Bertz CT molecular complexity index is 1100. The molecule has 0 aliphatic heterocycles. The van der Waals surface area contributed by atoms with Crippen molar-refractivity contribution in [1.29, 1.82) is 0 Å². The molecule has 2 aromatic carbocycles. The smallest absolute Gasteiger partial charge is 0.254 e. The number of carbonyl (C=O) groups is 2. The van der Waals surface area contributed by atoms with Crippen molar-refractivity contribution in [3.05, 3.63) is 91.6 Å². The van der Waals surface area contributed by atoms with Crippen molar-refractivity contribution in [2.45, 2.75) is 46.3 Å². The van der Waals surface area contributed by atoms with Crippen LogP contribution in [0.2, 0.25) is 10.0 Å². The molecule has 33 heavy (non-hydrogen) atoms. The Labute approximate surface area is 209 Å². The Morgan fingerprint density at radius 1 is 1.00 bits per heavy atom. The number of thiophene rings is 1. The highest BCUT2D eigenvalue weighted by Crippen LogP contribution is 2.24. The second-order valence-corrected chi connectivity index (χ2v) is 9.90. The lowest BCUT2D eigenvalue weighted by Crippen LogP contribution is -2.46. The molecule has 4 nitrogen and oxygen atoms in total. The molecule has 0 aliphatic carbocycles. The maximum atomic E-state index is 13.6. The van der Waals surface area contributed by atoms with E-state index < -0.39 is 0 Å². The van der Waals surface area contributed by atoms with Crippen LogP contribution in [0.5, 0.6) is 0 Å². The first-order chi connectivity index (χ1) is 15.8. The average molecular weight is 503 g/mol. The van der Waals surface area contributed by atoms with E-state index in [-0.39, 0.29) is 24.4 Å². The van der Waals surface area contributed by atoms with Crippen LogP contribution in [0.4, 0.5) is 0 Å². The van der Waals surface area contributed by atoms with Crippen molar-refractivity contribution in [2.75, 3.05) is 6.54 Å². The fraction of sp³-hybridized carbons (Fsp3) is 0.308. The molecule has 1 atom stereocenters. The summed E-state index contributed by atoms with van der Waals surface area (Å²) in [5.74, 6) is -0.330. The number of hydrogen-bond donors (Lipinski definition) is 0. The van der Waals surface area contributed by atoms with Gasteiger partial charge in [0.1, 0.15) is 6.54 Å². The van der Waals surface area contributed by atoms with E-state index in [1.54, 1.807) is 34.4 Å². The predicted molar refractivity (Wildman–Crippen MR) is 137 cm³/mol. The van der Waals surface area contributed by atoms with Gasteiger partial charge in [-0.05, 0) is 61.0 Å². The van der Waals surface area contributed by atoms with Gasteiger partial charge in [0.25, 0.3) is 5.91 Å². The number of amides is 2. The minimum absolute atomic E-state index is 0.00859. The number of rotatable bonds is 9. The van der Waals surface area contributed by atoms with Crippen LogP contribution in [0.25, 0.3) is 0 Å². The number of aryl methyl sites for hydroxylation is 1. The van der Waals surface area contributed by atoms with Crippen molar-refractivity contribution in [3.8, 4) is 0 Å². The third-order valence-electron chi connectivity index (χ3n) is 5.73. The summed E-state index contributed by atoms with van der Waals surface area (Å²) in [5.41, 5.74) is 2.63. The fourth-order valence-corrected chi connectivity index (χ4v) is 4.68. The number of benzene rings is 2. The predicted octanol–water partition coefficient (Wildman–Crippen LogP) is 6.83. The van der Waals surface area contributed by atoms with E-state index in [4.69, 9.17) is 23.2 Å². The van der Waals surface area contributed by atoms with E-state index in [1.807, 2.05) is 54.5 Å². The zero-order valence-electron chi connectivity index (χ0n) is 19.1. The van der Waals surface area contributed by atoms with Gasteiger partial charge in [0.15, 0.2) is 0 Å². The molecule has 3 rings (SSSR count). The lowest BCUT2D eigenvalue weighted by atomic mass is 10.1. The summed E-state index contributed by atoms with van der Waals surface area (Å²) >= 11 is 13.8. The summed E-state index contributed by atoms with van der Waals surface area (Å²) < 4.78 is 0. The Kier molecular flexibility index (Phi) is 8.95. The Hall–Kier alpha value is -2.34. The minimum atomic E-state index is -0.233. The van der Waals surface area contributed by atoms with E-state index in [9.17, 15) is 9.59 Å². The molecule has 0 aliphatic rings. The zero-order valence-corrected chi connectivity index (χ0v) is 21.4. The van der Waals surface area contributed by atoms with Gasteiger partial charge in [0, 0.05) is 23.0 Å². The third kappa shape index (κ3) is 6.59. The van der Waals surface area contributed by atoms with Gasteiger partial charge >= 0.3 is 0 Å². The van der Waals surface area contributed by atoms with Crippen molar-refractivity contribution < 1.29 is 9.59 Å². The van der Waals surface area contributed by atoms with E-state index in [0.29, 0.717) is 28.7 Å². The first kappa shape index (κ1) is 25.3. The molecule has 0 N–H and O–H groups in total. The van der Waals surface area contributed by atoms with Crippen LogP contribution in [0.1, 0.15) is 46.6 Å². The fourth-order valence-electron chi connectivity index (χ4n) is 3.46. The Balaban J connectivity index is 1.86. The second-order valence-electron chi connectivity index (χ2n) is 8.08. The SMILES string of the molecule is CCC(C)N(CC(=O)N(Cc1ccccc1)Cc1sccc1C)C(=O)c1ccc(Cl)c(Cl)c1. The third-order valence-corrected chi connectivity index (χ3v) is 7.47. The monoisotopic (exact) mass is 502 g/mol. The molecular weight excluding hydrogens is 475 g/mol. The molecule has 0 radical (unpaired) electrons. The van der Waals surface area contributed by atoms with Crippen molar-refractivity contribution in [3.63, 3.8) is 0 Å². The largest absolute Gasteiger partial charge is 0.332 e. The number of nitrogens with zero attached hydrogens (tertiary/aromatic N) is 2. The quantitative estimate of drug-likeness (QED) is 0.321. The molecule has 3 aromatic rings. The maximum absolute atomic E-state index is 13.6. The van der Waals surface area contributed by atoms with E-state index in [0.717, 1.165) is 22.4 Å². The van der Waals surface area contributed by atoms with Gasteiger partial charge in [-0.25, -0.2) is 0 Å². The number of hydrogen-bond acceptors (Lipinski definition) is 3. The van der Waals surface area contributed by atoms with Gasteiger partial charge < -0.3 is 9.80 Å². The molecular formula is C26H28Cl2N2O2S.